The van der Waals surface area contributed by atoms with Crippen molar-refractivity contribution in [1.82, 2.24) is 10.2 Å². The summed E-state index contributed by atoms with van der Waals surface area (Å²) in [5, 5.41) is 3.39. The number of carbonyl (C=O) groups excluding carboxylic acids is 2. The van der Waals surface area contributed by atoms with Crippen LogP contribution < -0.4 is 19.1 Å². The van der Waals surface area contributed by atoms with Gasteiger partial charge in [-0.15, -0.1) is 0 Å². The van der Waals surface area contributed by atoms with Gasteiger partial charge in [0.1, 0.15) is 12.6 Å². The van der Waals surface area contributed by atoms with Gasteiger partial charge < -0.3 is 19.7 Å². The molecule has 0 spiro atoms. The molecule has 0 aromatic heterocycles. The maximum atomic E-state index is 14.6. The second-order valence-electron chi connectivity index (χ2n) is 11.5. The number of methoxy groups -OCH3 is 2. The zero-order valence-electron chi connectivity index (χ0n) is 27.2. The molecule has 1 N–H and O–H groups in total. The van der Waals surface area contributed by atoms with E-state index in [0.717, 1.165) is 19.9 Å². The van der Waals surface area contributed by atoms with Crippen LogP contribution in [-0.4, -0.2) is 58.5 Å². The Morgan fingerprint density at radius 2 is 1.52 bits per heavy atom. The zero-order chi connectivity index (χ0) is 34.8. The first kappa shape index (κ1) is 36.8. The Morgan fingerprint density at radius 3 is 2.15 bits per heavy atom. The largest absolute Gasteiger partial charge is 0.493 e. The summed E-state index contributed by atoms with van der Waals surface area (Å²) in [5.74, 6) is -0.178. The van der Waals surface area contributed by atoms with Gasteiger partial charge >= 0.3 is 0 Å². The lowest BCUT2D eigenvalue weighted by molar-refractivity contribution is -0.140. The molecule has 1 atom stereocenters. The van der Waals surface area contributed by atoms with Crippen molar-refractivity contribution >= 4 is 55.1 Å². The van der Waals surface area contributed by atoms with Crippen molar-refractivity contribution in [2.24, 2.45) is 5.92 Å². The highest BCUT2D eigenvalue weighted by molar-refractivity contribution is 9.10. The smallest absolute Gasteiger partial charge is 0.264 e. The van der Waals surface area contributed by atoms with Crippen molar-refractivity contribution in [2.45, 2.75) is 37.8 Å². The van der Waals surface area contributed by atoms with E-state index in [0.29, 0.717) is 17.3 Å². The quantitative estimate of drug-likeness (QED) is 0.144. The van der Waals surface area contributed by atoms with E-state index in [9.17, 15) is 18.0 Å². The summed E-state index contributed by atoms with van der Waals surface area (Å²) in [5.41, 5.74) is 1.82. The van der Waals surface area contributed by atoms with E-state index in [1.54, 1.807) is 12.1 Å². The lowest BCUT2D eigenvalue weighted by atomic mass is 10.0. The van der Waals surface area contributed by atoms with Crippen molar-refractivity contribution in [3.8, 4) is 11.5 Å². The predicted octanol–water partition coefficient (Wildman–Crippen LogP) is 6.73. The highest BCUT2D eigenvalue weighted by atomic mass is 79.9. The van der Waals surface area contributed by atoms with Gasteiger partial charge in [0.25, 0.3) is 10.0 Å². The van der Waals surface area contributed by atoms with Gasteiger partial charge in [-0.1, -0.05) is 83.8 Å². The van der Waals surface area contributed by atoms with Gasteiger partial charge in [-0.2, -0.15) is 0 Å². The Labute approximate surface area is 296 Å². The minimum atomic E-state index is -4.36. The highest BCUT2D eigenvalue weighted by Crippen LogP contribution is 2.33. The van der Waals surface area contributed by atoms with Gasteiger partial charge in [0, 0.05) is 35.1 Å². The number of amides is 2. The number of rotatable bonds is 15. The Balaban J connectivity index is 1.82. The van der Waals surface area contributed by atoms with Crippen LogP contribution in [0, 0.1) is 5.92 Å². The van der Waals surface area contributed by atoms with E-state index in [2.05, 4.69) is 21.2 Å². The molecule has 4 rings (SSSR count). The third-order valence-electron chi connectivity index (χ3n) is 7.53. The molecule has 2 amide bonds. The lowest BCUT2D eigenvalue weighted by Crippen LogP contribution is -2.53. The van der Waals surface area contributed by atoms with Crippen molar-refractivity contribution in [2.75, 3.05) is 31.6 Å². The Bertz CT molecular complexity index is 1810. The molecule has 48 heavy (non-hydrogen) atoms. The van der Waals surface area contributed by atoms with Crippen LogP contribution in [0.4, 0.5) is 5.69 Å². The molecular formula is C36H39BrClN3O6S. The molecule has 4 aromatic carbocycles. The minimum Gasteiger partial charge on any atom is -0.493 e. The molecule has 0 fully saturated rings. The second-order valence-corrected chi connectivity index (χ2v) is 14.7. The average molecular weight is 757 g/mol. The van der Waals surface area contributed by atoms with Crippen molar-refractivity contribution in [3.63, 3.8) is 0 Å². The third-order valence-corrected chi connectivity index (χ3v) is 10.0. The van der Waals surface area contributed by atoms with E-state index in [1.807, 2.05) is 68.4 Å². The van der Waals surface area contributed by atoms with Crippen LogP contribution >= 0.6 is 27.5 Å². The molecule has 0 radical (unpaired) electrons. The first-order valence-corrected chi connectivity index (χ1v) is 17.9. The predicted molar refractivity (Wildman–Crippen MR) is 192 cm³/mol. The number of halogens is 2. The molecule has 1 unspecified atom stereocenters. The number of carbonyl (C=O) groups is 2. The standard InChI is InChI=1S/C36H39BrClN3O6S/c1-25(2)22-39-36(43)32(20-26-9-6-5-7-10-26)40(23-27-11-8-12-28(37)19-27)35(42)24-41(30-15-13-29(38)14-16-30)48(44,45)31-17-18-33(46-3)34(21-31)47-4/h5-19,21,25,32H,20,22-24H2,1-4H3,(H,39,43). The Kier molecular flexibility index (Phi) is 12.9. The summed E-state index contributed by atoms with van der Waals surface area (Å²) >= 11 is 9.66. The summed E-state index contributed by atoms with van der Waals surface area (Å²) < 4.78 is 41.2. The van der Waals surface area contributed by atoms with Crippen LogP contribution in [0.1, 0.15) is 25.0 Å². The number of ether oxygens (including phenoxy) is 2. The maximum absolute atomic E-state index is 14.6. The average Bonchev–Trinajstić information content (AvgIpc) is 3.08. The fourth-order valence-electron chi connectivity index (χ4n) is 5.05. The van der Waals surface area contributed by atoms with Gasteiger partial charge in [0.15, 0.2) is 11.5 Å². The van der Waals surface area contributed by atoms with Crippen LogP contribution in [0.3, 0.4) is 0 Å². The van der Waals surface area contributed by atoms with Gasteiger partial charge in [-0.05, 0) is 65.6 Å². The topological polar surface area (TPSA) is 105 Å². The van der Waals surface area contributed by atoms with Gasteiger partial charge in [0.05, 0.1) is 24.8 Å². The fraction of sp³-hybridized carbons (Fsp3) is 0.278. The summed E-state index contributed by atoms with van der Waals surface area (Å²) in [6.07, 6.45) is 0.216. The molecule has 0 saturated heterocycles. The van der Waals surface area contributed by atoms with Crippen molar-refractivity contribution in [1.29, 1.82) is 0 Å². The van der Waals surface area contributed by atoms with Crippen LogP contribution in [0.5, 0.6) is 11.5 Å². The first-order valence-electron chi connectivity index (χ1n) is 15.3. The van der Waals surface area contributed by atoms with Crippen LogP contribution in [0.25, 0.3) is 0 Å². The number of nitrogens with zero attached hydrogens (tertiary/aromatic N) is 2. The lowest BCUT2D eigenvalue weighted by Gasteiger charge is -2.34. The van der Waals surface area contributed by atoms with E-state index < -0.39 is 28.5 Å². The number of hydrogen-bond acceptors (Lipinski definition) is 6. The second kappa shape index (κ2) is 16.9. The summed E-state index contributed by atoms with van der Waals surface area (Å²) in [6.45, 7) is 3.83. The maximum Gasteiger partial charge on any atom is 0.264 e. The summed E-state index contributed by atoms with van der Waals surface area (Å²) in [6, 6.07) is 26.3. The SMILES string of the molecule is COc1ccc(S(=O)(=O)N(CC(=O)N(Cc2cccc(Br)c2)C(Cc2ccccc2)C(=O)NCC(C)C)c2ccc(Cl)cc2)cc1OC. The van der Waals surface area contributed by atoms with Gasteiger partial charge in [-0.3, -0.25) is 13.9 Å². The molecule has 254 valence electrons. The monoisotopic (exact) mass is 755 g/mol. The number of anilines is 1. The first-order chi connectivity index (χ1) is 22.9. The third kappa shape index (κ3) is 9.52. The van der Waals surface area contributed by atoms with E-state index in [-0.39, 0.29) is 41.1 Å². The number of hydrogen-bond donors (Lipinski definition) is 1. The van der Waals surface area contributed by atoms with E-state index in [1.165, 1.54) is 49.5 Å². The van der Waals surface area contributed by atoms with Gasteiger partial charge in [-0.25, -0.2) is 8.42 Å². The number of sulfonamides is 1. The van der Waals surface area contributed by atoms with E-state index >= 15 is 0 Å². The minimum absolute atomic E-state index is 0.0513. The number of nitrogens with one attached hydrogen (secondary N) is 1. The molecule has 4 aromatic rings. The van der Waals surface area contributed by atoms with Crippen LogP contribution in [-0.2, 0) is 32.6 Å². The highest BCUT2D eigenvalue weighted by Gasteiger charge is 2.35. The van der Waals surface area contributed by atoms with E-state index in [4.69, 9.17) is 21.1 Å². The Hall–Kier alpha value is -4.06. The van der Waals surface area contributed by atoms with Crippen molar-refractivity contribution in [3.05, 3.63) is 118 Å². The summed E-state index contributed by atoms with van der Waals surface area (Å²) in [4.78, 5) is 29.9. The molecule has 0 saturated carbocycles. The fourth-order valence-corrected chi connectivity index (χ4v) is 7.05. The molecule has 0 aliphatic carbocycles. The molecule has 12 heteroatoms. The number of benzene rings is 4. The zero-order valence-corrected chi connectivity index (χ0v) is 30.4. The molecular weight excluding hydrogens is 718 g/mol. The summed E-state index contributed by atoms with van der Waals surface area (Å²) in [7, 11) is -1.50. The Morgan fingerprint density at radius 1 is 0.854 bits per heavy atom. The van der Waals surface area contributed by atoms with Crippen molar-refractivity contribution < 1.29 is 27.5 Å². The molecule has 0 heterocycles. The molecule has 0 aliphatic heterocycles. The normalized spacial score (nSPS) is 11.9. The molecule has 0 bridgehead atoms. The van der Waals surface area contributed by atoms with Gasteiger partial charge in [0.2, 0.25) is 11.8 Å². The molecule has 0 aliphatic rings. The van der Waals surface area contributed by atoms with Crippen LogP contribution in [0.15, 0.2) is 106 Å². The molecule has 9 nitrogen and oxygen atoms in total. The van der Waals surface area contributed by atoms with Crippen LogP contribution in [0.2, 0.25) is 5.02 Å².